The van der Waals surface area contributed by atoms with Crippen molar-refractivity contribution in [1.82, 2.24) is 0 Å². The second-order valence-corrected chi connectivity index (χ2v) is 11.3. The number of aliphatic hydroxyl groups excluding tert-OH is 1. The van der Waals surface area contributed by atoms with E-state index in [4.69, 9.17) is 4.43 Å². The molecule has 0 bridgehead atoms. The number of aliphatic hydroxyl groups is 1. The van der Waals surface area contributed by atoms with Crippen LogP contribution in [0.4, 0.5) is 0 Å². The minimum absolute atomic E-state index is 0.0774. The summed E-state index contributed by atoms with van der Waals surface area (Å²) < 4.78 is 6.59. The fourth-order valence-electron chi connectivity index (χ4n) is 4.15. The fraction of sp³-hybridized carbons (Fsp3) is 0.435. The monoisotopic (exact) mass is 398 g/mol. The molecule has 28 heavy (non-hydrogen) atoms. The maximum atomic E-state index is 12.5. The molecule has 0 aliphatic heterocycles. The Labute approximate surface area is 168 Å². The number of rotatable bonds is 5. The highest BCUT2D eigenvalue weighted by atomic mass is 28.3. The zero-order valence-electron chi connectivity index (χ0n) is 16.8. The molecule has 4 nitrogen and oxygen atoms in total. The van der Waals surface area contributed by atoms with E-state index in [9.17, 15) is 15.0 Å². The van der Waals surface area contributed by atoms with Crippen molar-refractivity contribution in [3.05, 3.63) is 60.7 Å². The first-order chi connectivity index (χ1) is 13.2. The number of aliphatic carboxylic acids is 1. The molecule has 2 aromatic carbocycles. The first-order valence-electron chi connectivity index (χ1n) is 9.90. The van der Waals surface area contributed by atoms with Gasteiger partial charge in [-0.05, 0) is 34.5 Å². The van der Waals surface area contributed by atoms with Crippen LogP contribution in [0.15, 0.2) is 60.7 Å². The first kappa shape index (κ1) is 20.8. The van der Waals surface area contributed by atoms with Crippen molar-refractivity contribution in [3.8, 4) is 0 Å². The van der Waals surface area contributed by atoms with E-state index in [1.54, 1.807) is 0 Å². The van der Waals surface area contributed by atoms with Crippen LogP contribution >= 0.6 is 0 Å². The normalized spacial score (nSPS) is 25.6. The average molecular weight is 399 g/mol. The van der Waals surface area contributed by atoms with Crippen molar-refractivity contribution in [1.29, 1.82) is 0 Å². The third kappa shape index (κ3) is 4.54. The number of benzene rings is 2. The van der Waals surface area contributed by atoms with Crippen molar-refractivity contribution in [2.75, 3.05) is 0 Å². The highest BCUT2D eigenvalue weighted by Gasteiger charge is 2.51. The molecule has 150 valence electrons. The van der Waals surface area contributed by atoms with E-state index in [2.05, 4.69) is 20.8 Å². The predicted octanol–water partition coefficient (Wildman–Crippen LogP) is 2.57. The van der Waals surface area contributed by atoms with Gasteiger partial charge in [-0.2, -0.15) is 0 Å². The maximum absolute atomic E-state index is 12.5. The van der Waals surface area contributed by atoms with Crippen LogP contribution in [0.25, 0.3) is 0 Å². The van der Waals surface area contributed by atoms with Gasteiger partial charge in [0.05, 0.1) is 6.10 Å². The molecular weight excluding hydrogens is 368 g/mol. The molecule has 3 rings (SSSR count). The van der Waals surface area contributed by atoms with Crippen LogP contribution in [0.5, 0.6) is 0 Å². The average Bonchev–Trinajstić information content (AvgIpc) is 2.66. The van der Waals surface area contributed by atoms with E-state index in [-0.39, 0.29) is 17.8 Å². The summed E-state index contributed by atoms with van der Waals surface area (Å²) >= 11 is 0. The highest BCUT2D eigenvalue weighted by Crippen LogP contribution is 2.44. The molecule has 1 saturated carbocycles. The molecule has 0 saturated heterocycles. The molecule has 0 radical (unpaired) electrons. The molecule has 0 heterocycles. The number of carboxylic acid groups (broad SMARTS) is 1. The van der Waals surface area contributed by atoms with E-state index in [0.29, 0.717) is 12.8 Å². The van der Waals surface area contributed by atoms with E-state index in [1.165, 1.54) is 0 Å². The van der Waals surface area contributed by atoms with E-state index >= 15 is 0 Å². The molecular formula is C23H30O4Si. The summed E-state index contributed by atoms with van der Waals surface area (Å²) in [6.07, 6.45) is 0.504. The second-order valence-electron chi connectivity index (χ2n) is 8.98. The number of hydrogen-bond donors (Lipinski definition) is 2. The standard InChI is InChI=1S/C23H30O4Si/c1-22(2,3)17-14-18(24)16-23(15-17,21(25)26)27-28(19-10-6-4-7-11-19)20-12-8-5-9-13-20/h4-13,17-18,24,28H,14-16H2,1-3H3,(H,25,26)/t17-,18+,23-/m1/s1. The lowest BCUT2D eigenvalue weighted by Gasteiger charge is -2.46. The summed E-state index contributed by atoms with van der Waals surface area (Å²) in [6.45, 7) is 6.31. The largest absolute Gasteiger partial charge is 0.479 e. The van der Waals surface area contributed by atoms with Crippen molar-refractivity contribution in [3.63, 3.8) is 0 Å². The van der Waals surface area contributed by atoms with Crippen LogP contribution in [0.2, 0.25) is 0 Å². The molecule has 1 aliphatic rings. The number of carbonyl (C=O) groups is 1. The molecule has 2 aromatic rings. The van der Waals surface area contributed by atoms with Gasteiger partial charge in [0.15, 0.2) is 5.60 Å². The Balaban J connectivity index is 2.02. The maximum Gasteiger partial charge on any atom is 0.334 e. The van der Waals surface area contributed by atoms with Crippen LogP contribution in [0.3, 0.4) is 0 Å². The van der Waals surface area contributed by atoms with Gasteiger partial charge in [-0.15, -0.1) is 0 Å². The van der Waals surface area contributed by atoms with Gasteiger partial charge in [0, 0.05) is 6.42 Å². The molecule has 1 aliphatic carbocycles. The smallest absolute Gasteiger partial charge is 0.334 e. The summed E-state index contributed by atoms with van der Waals surface area (Å²) in [5, 5.41) is 22.9. The van der Waals surface area contributed by atoms with Crippen molar-refractivity contribution in [2.45, 2.75) is 51.7 Å². The summed E-state index contributed by atoms with van der Waals surface area (Å²) in [5.74, 6) is -0.890. The third-order valence-electron chi connectivity index (χ3n) is 5.86. The highest BCUT2D eigenvalue weighted by molar-refractivity contribution is 6.80. The first-order valence-corrected chi connectivity index (χ1v) is 11.5. The molecule has 1 fully saturated rings. The summed E-state index contributed by atoms with van der Waals surface area (Å²) in [7, 11) is -2.25. The SMILES string of the molecule is CC(C)(C)[C@@H]1C[C@H](O)C[C@@](O[SiH](c2ccccc2)c2ccccc2)(C(=O)O)C1. The fourth-order valence-corrected chi connectivity index (χ4v) is 6.69. The van der Waals surface area contributed by atoms with Crippen LogP contribution in [-0.2, 0) is 9.22 Å². The second kappa shape index (κ2) is 8.19. The third-order valence-corrected chi connectivity index (χ3v) is 8.53. The summed E-state index contributed by atoms with van der Waals surface area (Å²) in [6, 6.07) is 19.8. The lowest BCUT2D eigenvalue weighted by atomic mass is 9.66. The number of hydrogen-bond acceptors (Lipinski definition) is 3. The Morgan fingerprint density at radius 2 is 1.50 bits per heavy atom. The molecule has 2 N–H and O–H groups in total. The van der Waals surface area contributed by atoms with Crippen molar-refractivity contribution in [2.24, 2.45) is 11.3 Å². The van der Waals surface area contributed by atoms with Gasteiger partial charge < -0.3 is 14.6 Å². The molecule has 3 atom stereocenters. The Hall–Kier alpha value is -1.95. The molecule has 0 amide bonds. The van der Waals surface area contributed by atoms with E-state index in [0.717, 1.165) is 10.4 Å². The zero-order valence-corrected chi connectivity index (χ0v) is 18.0. The molecule has 0 unspecified atom stereocenters. The van der Waals surface area contributed by atoms with Crippen LogP contribution < -0.4 is 10.4 Å². The van der Waals surface area contributed by atoms with Gasteiger partial charge in [0.2, 0.25) is 9.04 Å². The van der Waals surface area contributed by atoms with Gasteiger partial charge in [-0.1, -0.05) is 81.4 Å². The van der Waals surface area contributed by atoms with Gasteiger partial charge in [-0.25, -0.2) is 4.79 Å². The van der Waals surface area contributed by atoms with Crippen LogP contribution in [0.1, 0.15) is 40.0 Å². The summed E-state index contributed by atoms with van der Waals surface area (Å²) in [5.41, 5.74) is -1.46. The Bertz CT molecular complexity index is 748. The topological polar surface area (TPSA) is 66.8 Å². The Morgan fingerprint density at radius 3 is 1.93 bits per heavy atom. The number of carboxylic acids is 1. The van der Waals surface area contributed by atoms with E-state index < -0.39 is 26.7 Å². The lowest BCUT2D eigenvalue weighted by Crippen LogP contribution is -2.59. The van der Waals surface area contributed by atoms with Crippen LogP contribution in [-0.4, -0.2) is 36.9 Å². The minimum atomic E-state index is -2.25. The van der Waals surface area contributed by atoms with E-state index in [1.807, 2.05) is 60.7 Å². The van der Waals surface area contributed by atoms with Gasteiger partial charge >= 0.3 is 5.97 Å². The predicted molar refractivity (Wildman–Crippen MR) is 114 cm³/mol. The molecule has 0 aromatic heterocycles. The van der Waals surface area contributed by atoms with Gasteiger partial charge in [0.1, 0.15) is 0 Å². The Kier molecular flexibility index (Phi) is 6.08. The quantitative estimate of drug-likeness (QED) is 0.760. The molecule has 0 spiro atoms. The zero-order chi connectivity index (χ0) is 20.4. The Morgan fingerprint density at radius 1 is 1.00 bits per heavy atom. The lowest BCUT2D eigenvalue weighted by molar-refractivity contribution is -0.167. The van der Waals surface area contributed by atoms with Gasteiger partial charge in [0.25, 0.3) is 0 Å². The minimum Gasteiger partial charge on any atom is -0.479 e. The van der Waals surface area contributed by atoms with Crippen LogP contribution in [0, 0.1) is 11.3 Å². The van der Waals surface area contributed by atoms with Crippen molar-refractivity contribution < 1.29 is 19.4 Å². The van der Waals surface area contributed by atoms with Gasteiger partial charge in [-0.3, -0.25) is 0 Å². The van der Waals surface area contributed by atoms with Crippen molar-refractivity contribution >= 4 is 25.4 Å². The molecule has 5 heteroatoms. The summed E-state index contributed by atoms with van der Waals surface area (Å²) in [4.78, 5) is 12.5.